The zero-order valence-electron chi connectivity index (χ0n) is 12.0. The number of hydrogen-bond acceptors (Lipinski definition) is 3. The summed E-state index contributed by atoms with van der Waals surface area (Å²) < 4.78 is 18.6. The number of nitrogens with zero attached hydrogens (tertiary/aromatic N) is 1. The highest BCUT2D eigenvalue weighted by Gasteiger charge is 2.42. The molecule has 1 aromatic carbocycles. The Bertz CT molecular complexity index is 546. The van der Waals surface area contributed by atoms with E-state index in [0.29, 0.717) is 12.1 Å². The summed E-state index contributed by atoms with van der Waals surface area (Å²) in [6.45, 7) is 3.99. The van der Waals surface area contributed by atoms with Crippen LogP contribution in [0.3, 0.4) is 0 Å². The molecule has 2 atom stereocenters. The van der Waals surface area contributed by atoms with Gasteiger partial charge in [-0.2, -0.15) is 0 Å². The molecule has 114 valence electrons. The van der Waals surface area contributed by atoms with Gasteiger partial charge in [-0.25, -0.2) is 9.18 Å². The van der Waals surface area contributed by atoms with Crippen LogP contribution in [0, 0.1) is 11.7 Å². The second-order valence-electron chi connectivity index (χ2n) is 5.51. The monoisotopic (exact) mass is 295 g/mol. The fraction of sp³-hybridized carbons (Fsp3) is 0.467. The van der Waals surface area contributed by atoms with Gasteiger partial charge in [0.2, 0.25) is 5.91 Å². The van der Waals surface area contributed by atoms with Crippen molar-refractivity contribution >= 4 is 11.9 Å². The number of carbonyl (C=O) groups excluding carboxylic acids is 1. The summed E-state index contributed by atoms with van der Waals surface area (Å²) in [4.78, 5) is 25.0. The first-order chi connectivity index (χ1) is 9.90. The highest BCUT2D eigenvalue weighted by molar-refractivity contribution is 5.83. The average Bonchev–Trinajstić information content (AvgIpc) is 2.40. The Labute approximate surface area is 122 Å². The molecule has 1 saturated heterocycles. The van der Waals surface area contributed by atoms with Gasteiger partial charge in [-0.1, -0.05) is 26.0 Å². The molecule has 2 rings (SSSR count). The lowest BCUT2D eigenvalue weighted by molar-refractivity contribution is -0.173. The Morgan fingerprint density at radius 1 is 1.52 bits per heavy atom. The summed E-state index contributed by atoms with van der Waals surface area (Å²) in [6.07, 6.45) is -1.19. The van der Waals surface area contributed by atoms with E-state index in [-0.39, 0.29) is 18.4 Å². The van der Waals surface area contributed by atoms with Gasteiger partial charge in [0.05, 0.1) is 6.04 Å². The van der Waals surface area contributed by atoms with Crippen LogP contribution in [-0.2, 0) is 14.3 Å². The largest absolute Gasteiger partial charge is 0.479 e. The minimum atomic E-state index is -1.19. The van der Waals surface area contributed by atoms with Crippen LogP contribution in [0.4, 0.5) is 4.39 Å². The SMILES string of the molecule is CC(C)CN1C(=O)COC(C(=O)O)C1c1cccc(F)c1. The van der Waals surface area contributed by atoms with Crippen molar-refractivity contribution in [2.45, 2.75) is 26.0 Å². The van der Waals surface area contributed by atoms with Crippen molar-refractivity contribution in [1.82, 2.24) is 4.90 Å². The van der Waals surface area contributed by atoms with Crippen LogP contribution in [0.1, 0.15) is 25.5 Å². The number of carbonyl (C=O) groups is 2. The molecule has 0 aromatic heterocycles. The van der Waals surface area contributed by atoms with Gasteiger partial charge >= 0.3 is 5.97 Å². The number of halogens is 1. The molecule has 0 aliphatic carbocycles. The van der Waals surface area contributed by atoms with Gasteiger partial charge in [0.25, 0.3) is 0 Å². The molecule has 1 N–H and O–H groups in total. The Morgan fingerprint density at radius 2 is 2.24 bits per heavy atom. The van der Waals surface area contributed by atoms with Crippen molar-refractivity contribution in [1.29, 1.82) is 0 Å². The summed E-state index contributed by atoms with van der Waals surface area (Å²) in [7, 11) is 0. The number of rotatable bonds is 4. The number of hydrogen-bond donors (Lipinski definition) is 1. The van der Waals surface area contributed by atoms with Crippen LogP contribution >= 0.6 is 0 Å². The smallest absolute Gasteiger partial charge is 0.335 e. The van der Waals surface area contributed by atoms with Gasteiger partial charge in [0, 0.05) is 6.54 Å². The second kappa shape index (κ2) is 6.22. The summed E-state index contributed by atoms with van der Waals surface area (Å²) in [5.41, 5.74) is 0.427. The zero-order chi connectivity index (χ0) is 15.6. The quantitative estimate of drug-likeness (QED) is 0.920. The van der Waals surface area contributed by atoms with E-state index in [1.807, 2.05) is 13.8 Å². The van der Waals surface area contributed by atoms with Crippen molar-refractivity contribution in [3.05, 3.63) is 35.6 Å². The summed E-state index contributed by atoms with van der Waals surface area (Å²) in [5.74, 6) is -1.75. The Balaban J connectivity index is 2.43. The number of morpholine rings is 1. The highest BCUT2D eigenvalue weighted by atomic mass is 19.1. The Morgan fingerprint density at radius 3 is 2.81 bits per heavy atom. The molecule has 1 amide bonds. The average molecular weight is 295 g/mol. The van der Waals surface area contributed by atoms with Crippen molar-refractivity contribution in [2.75, 3.05) is 13.2 Å². The van der Waals surface area contributed by atoms with E-state index in [2.05, 4.69) is 0 Å². The number of aliphatic carboxylic acids is 1. The van der Waals surface area contributed by atoms with Gasteiger partial charge in [-0.3, -0.25) is 4.79 Å². The molecular formula is C15H18FNO4. The molecule has 5 nitrogen and oxygen atoms in total. The standard InChI is InChI=1S/C15H18FNO4/c1-9(2)7-17-12(18)8-21-14(15(19)20)13(17)10-4-3-5-11(16)6-10/h3-6,9,13-14H,7-8H2,1-2H3,(H,19,20). The molecule has 0 bridgehead atoms. The molecule has 6 heteroatoms. The first-order valence-corrected chi connectivity index (χ1v) is 6.79. The van der Waals surface area contributed by atoms with Gasteiger partial charge in [-0.05, 0) is 23.6 Å². The van der Waals surface area contributed by atoms with E-state index in [1.165, 1.54) is 23.1 Å². The van der Waals surface area contributed by atoms with Crippen LogP contribution in [0.2, 0.25) is 0 Å². The minimum absolute atomic E-state index is 0.164. The van der Waals surface area contributed by atoms with Crippen LogP contribution < -0.4 is 0 Å². The van der Waals surface area contributed by atoms with Gasteiger partial charge in [0.1, 0.15) is 12.4 Å². The topological polar surface area (TPSA) is 66.8 Å². The predicted molar refractivity (Wildman–Crippen MR) is 73.1 cm³/mol. The van der Waals surface area contributed by atoms with Crippen molar-refractivity contribution in [3.63, 3.8) is 0 Å². The predicted octanol–water partition coefficient (Wildman–Crippen LogP) is 1.83. The maximum Gasteiger partial charge on any atom is 0.335 e. The molecule has 1 heterocycles. The van der Waals surface area contributed by atoms with E-state index in [0.717, 1.165) is 0 Å². The maximum atomic E-state index is 13.4. The third kappa shape index (κ3) is 3.39. The highest BCUT2D eigenvalue weighted by Crippen LogP contribution is 2.31. The van der Waals surface area contributed by atoms with Gasteiger partial charge in [0.15, 0.2) is 6.10 Å². The lowest BCUT2D eigenvalue weighted by Gasteiger charge is -2.40. The van der Waals surface area contributed by atoms with Crippen molar-refractivity contribution < 1.29 is 23.8 Å². The van der Waals surface area contributed by atoms with Crippen molar-refractivity contribution in [2.24, 2.45) is 5.92 Å². The number of carboxylic acid groups (broad SMARTS) is 1. The lowest BCUT2D eigenvalue weighted by atomic mass is 9.96. The third-order valence-electron chi connectivity index (χ3n) is 3.32. The Hall–Kier alpha value is -1.95. The van der Waals surface area contributed by atoms with E-state index in [9.17, 15) is 19.1 Å². The molecule has 0 radical (unpaired) electrons. The molecule has 2 unspecified atom stereocenters. The number of ether oxygens (including phenoxy) is 1. The van der Waals surface area contributed by atoms with Crippen molar-refractivity contribution in [3.8, 4) is 0 Å². The van der Waals surface area contributed by atoms with E-state index >= 15 is 0 Å². The first-order valence-electron chi connectivity index (χ1n) is 6.79. The van der Waals surface area contributed by atoms with E-state index < -0.39 is 23.9 Å². The Kier molecular flexibility index (Phi) is 4.57. The fourth-order valence-electron chi connectivity index (χ4n) is 2.51. The maximum absolute atomic E-state index is 13.4. The molecule has 1 aromatic rings. The minimum Gasteiger partial charge on any atom is -0.479 e. The summed E-state index contributed by atoms with van der Waals surface area (Å²) >= 11 is 0. The van der Waals surface area contributed by atoms with E-state index in [1.54, 1.807) is 6.07 Å². The summed E-state index contributed by atoms with van der Waals surface area (Å²) in [6, 6.07) is 4.81. The van der Waals surface area contributed by atoms with Crippen LogP contribution in [0.25, 0.3) is 0 Å². The first kappa shape index (κ1) is 15.4. The fourth-order valence-corrected chi connectivity index (χ4v) is 2.51. The van der Waals surface area contributed by atoms with Gasteiger partial charge in [-0.15, -0.1) is 0 Å². The van der Waals surface area contributed by atoms with Crippen LogP contribution in [0.15, 0.2) is 24.3 Å². The summed E-state index contributed by atoms with van der Waals surface area (Å²) in [5, 5.41) is 9.32. The molecule has 0 spiro atoms. The van der Waals surface area contributed by atoms with Crippen LogP contribution in [0.5, 0.6) is 0 Å². The number of amides is 1. The number of benzene rings is 1. The second-order valence-corrected chi connectivity index (χ2v) is 5.51. The lowest BCUT2D eigenvalue weighted by Crippen LogP contribution is -2.52. The molecule has 0 saturated carbocycles. The molecule has 1 aliphatic rings. The van der Waals surface area contributed by atoms with Crippen LogP contribution in [-0.4, -0.2) is 41.1 Å². The molecule has 1 aliphatic heterocycles. The normalized spacial score (nSPS) is 22.7. The molecule has 21 heavy (non-hydrogen) atoms. The van der Waals surface area contributed by atoms with Gasteiger partial charge < -0.3 is 14.7 Å². The van der Waals surface area contributed by atoms with E-state index in [4.69, 9.17) is 4.74 Å². The number of carboxylic acids is 1. The zero-order valence-corrected chi connectivity index (χ0v) is 12.0. The molecule has 1 fully saturated rings. The third-order valence-corrected chi connectivity index (χ3v) is 3.32. The molecular weight excluding hydrogens is 277 g/mol.